The van der Waals surface area contributed by atoms with Gasteiger partial charge in [0.1, 0.15) is 5.82 Å². The molecule has 1 amide bonds. The van der Waals surface area contributed by atoms with Crippen molar-refractivity contribution in [2.24, 2.45) is 5.92 Å². The summed E-state index contributed by atoms with van der Waals surface area (Å²) in [4.78, 5) is 16.7. The van der Waals surface area contributed by atoms with Crippen molar-refractivity contribution in [1.29, 1.82) is 0 Å². The quantitative estimate of drug-likeness (QED) is 0.811. The number of pyridine rings is 1. The van der Waals surface area contributed by atoms with Crippen LogP contribution in [0, 0.1) is 5.92 Å². The summed E-state index contributed by atoms with van der Waals surface area (Å²) in [5.41, 5.74) is 1.72. The lowest BCUT2D eigenvalue weighted by Gasteiger charge is -2.27. The number of rotatable bonds is 4. The molecule has 1 aromatic carbocycles. The van der Waals surface area contributed by atoms with Crippen LogP contribution in [0.3, 0.4) is 0 Å². The van der Waals surface area contributed by atoms with Gasteiger partial charge in [-0.15, -0.1) is 0 Å². The van der Waals surface area contributed by atoms with E-state index in [0.29, 0.717) is 6.04 Å². The van der Waals surface area contributed by atoms with Crippen LogP contribution in [-0.4, -0.2) is 23.5 Å². The number of carbonyl (C=O) groups is 1. The third-order valence-electron chi connectivity index (χ3n) is 4.07. The molecule has 0 aliphatic carbocycles. The number of nitrogens with zero attached hydrogens (tertiary/aromatic N) is 1. The van der Waals surface area contributed by atoms with E-state index in [1.165, 1.54) is 0 Å². The van der Waals surface area contributed by atoms with Crippen LogP contribution in [0.1, 0.15) is 19.8 Å². The average Bonchev–Trinajstić information content (AvgIpc) is 2.57. The van der Waals surface area contributed by atoms with Crippen molar-refractivity contribution in [3.63, 3.8) is 0 Å². The maximum absolute atomic E-state index is 12.3. The summed E-state index contributed by atoms with van der Waals surface area (Å²) in [5, 5.41) is 9.55. The molecule has 1 aliphatic rings. The van der Waals surface area contributed by atoms with E-state index in [0.717, 1.165) is 36.6 Å². The molecule has 2 aromatic rings. The fraction of sp³-hybridized carbons (Fsp3) is 0.333. The summed E-state index contributed by atoms with van der Waals surface area (Å²) in [6.07, 6.45) is 3.46. The Morgan fingerprint density at radius 2 is 2.00 bits per heavy atom. The van der Waals surface area contributed by atoms with Gasteiger partial charge in [0.05, 0.1) is 11.9 Å². The van der Waals surface area contributed by atoms with Crippen LogP contribution in [0.4, 0.5) is 17.2 Å². The molecule has 0 bridgehead atoms. The lowest BCUT2D eigenvalue weighted by atomic mass is 9.92. The molecule has 0 unspecified atom stereocenters. The van der Waals surface area contributed by atoms with Crippen molar-refractivity contribution in [3.05, 3.63) is 48.7 Å². The molecule has 0 saturated carbocycles. The van der Waals surface area contributed by atoms with Crippen molar-refractivity contribution in [3.8, 4) is 0 Å². The first-order valence-corrected chi connectivity index (χ1v) is 8.03. The van der Waals surface area contributed by atoms with Gasteiger partial charge in [-0.05, 0) is 50.6 Å². The van der Waals surface area contributed by atoms with Gasteiger partial charge in [0, 0.05) is 17.6 Å². The van der Waals surface area contributed by atoms with Gasteiger partial charge in [-0.3, -0.25) is 4.79 Å². The summed E-state index contributed by atoms with van der Waals surface area (Å²) < 4.78 is 0. The van der Waals surface area contributed by atoms with Gasteiger partial charge < -0.3 is 16.0 Å². The zero-order valence-corrected chi connectivity index (χ0v) is 13.3. The topological polar surface area (TPSA) is 66.0 Å². The molecule has 0 radical (unpaired) electrons. The molecule has 1 aliphatic heterocycles. The Morgan fingerprint density at radius 3 is 2.70 bits per heavy atom. The monoisotopic (exact) mass is 310 g/mol. The van der Waals surface area contributed by atoms with Crippen molar-refractivity contribution < 1.29 is 4.79 Å². The van der Waals surface area contributed by atoms with Crippen LogP contribution >= 0.6 is 0 Å². The number of hydrogen-bond donors (Lipinski definition) is 3. The molecule has 1 saturated heterocycles. The number of benzene rings is 1. The molecule has 5 nitrogen and oxygen atoms in total. The molecule has 0 spiro atoms. The van der Waals surface area contributed by atoms with Gasteiger partial charge in [-0.25, -0.2) is 4.98 Å². The van der Waals surface area contributed by atoms with Crippen LogP contribution in [0.5, 0.6) is 0 Å². The van der Waals surface area contributed by atoms with Crippen molar-refractivity contribution in [1.82, 2.24) is 10.3 Å². The smallest absolute Gasteiger partial charge is 0.227 e. The van der Waals surface area contributed by atoms with Crippen molar-refractivity contribution >= 4 is 23.1 Å². The number of anilines is 3. The molecule has 2 heterocycles. The van der Waals surface area contributed by atoms with E-state index in [1.807, 2.05) is 42.5 Å². The molecular weight excluding hydrogens is 288 g/mol. The number of carbonyl (C=O) groups excluding carboxylic acids is 1. The Kier molecular flexibility index (Phi) is 4.88. The molecule has 1 aromatic heterocycles. The summed E-state index contributed by atoms with van der Waals surface area (Å²) in [6, 6.07) is 14.0. The minimum atomic E-state index is 0.0772. The molecule has 5 heteroatoms. The van der Waals surface area contributed by atoms with Crippen LogP contribution < -0.4 is 16.0 Å². The number of amides is 1. The predicted octanol–water partition coefficient (Wildman–Crippen LogP) is 3.15. The lowest BCUT2D eigenvalue weighted by Crippen LogP contribution is -2.40. The molecule has 1 fully saturated rings. The predicted molar refractivity (Wildman–Crippen MR) is 92.8 cm³/mol. The second-order valence-electron chi connectivity index (χ2n) is 5.99. The molecule has 23 heavy (non-hydrogen) atoms. The second-order valence-corrected chi connectivity index (χ2v) is 5.99. The minimum absolute atomic E-state index is 0.0772. The first-order valence-electron chi connectivity index (χ1n) is 8.03. The van der Waals surface area contributed by atoms with Gasteiger partial charge in [-0.1, -0.05) is 18.2 Å². The third kappa shape index (κ3) is 4.29. The number of piperidine rings is 1. The Balaban J connectivity index is 1.58. The van der Waals surface area contributed by atoms with Gasteiger partial charge in [0.2, 0.25) is 5.91 Å². The molecule has 3 N–H and O–H groups in total. The van der Waals surface area contributed by atoms with Crippen molar-refractivity contribution in [2.45, 2.75) is 25.8 Å². The maximum Gasteiger partial charge on any atom is 0.227 e. The molecule has 120 valence electrons. The minimum Gasteiger partial charge on any atom is -0.340 e. The zero-order chi connectivity index (χ0) is 16.1. The summed E-state index contributed by atoms with van der Waals surface area (Å²) in [6.45, 7) is 3.02. The fourth-order valence-corrected chi connectivity index (χ4v) is 2.83. The van der Waals surface area contributed by atoms with E-state index < -0.39 is 0 Å². The zero-order valence-electron chi connectivity index (χ0n) is 13.3. The summed E-state index contributed by atoms with van der Waals surface area (Å²) in [5.74, 6) is 0.918. The van der Waals surface area contributed by atoms with E-state index in [1.54, 1.807) is 6.20 Å². The highest BCUT2D eigenvalue weighted by molar-refractivity contribution is 5.92. The van der Waals surface area contributed by atoms with Crippen LogP contribution in [0.15, 0.2) is 48.7 Å². The van der Waals surface area contributed by atoms with Gasteiger partial charge >= 0.3 is 0 Å². The second kappa shape index (κ2) is 7.24. The highest BCUT2D eigenvalue weighted by Crippen LogP contribution is 2.20. The van der Waals surface area contributed by atoms with E-state index >= 15 is 0 Å². The van der Waals surface area contributed by atoms with E-state index in [-0.39, 0.29) is 11.8 Å². The first-order chi connectivity index (χ1) is 11.2. The van der Waals surface area contributed by atoms with Gasteiger partial charge in [-0.2, -0.15) is 0 Å². The van der Waals surface area contributed by atoms with Crippen LogP contribution in [0.2, 0.25) is 0 Å². The SMILES string of the molecule is C[C@H]1C[C@@H](C(=O)Nc2ccc(Nc3ccccc3)nc2)CCN1. The number of nitrogens with one attached hydrogen (secondary N) is 3. The van der Waals surface area contributed by atoms with E-state index in [9.17, 15) is 4.79 Å². The Labute approximate surface area is 136 Å². The summed E-state index contributed by atoms with van der Waals surface area (Å²) >= 11 is 0. The van der Waals surface area contributed by atoms with Crippen LogP contribution in [-0.2, 0) is 4.79 Å². The molecule has 2 atom stereocenters. The third-order valence-corrected chi connectivity index (χ3v) is 4.07. The first kappa shape index (κ1) is 15.5. The van der Waals surface area contributed by atoms with Gasteiger partial charge in [0.25, 0.3) is 0 Å². The largest absolute Gasteiger partial charge is 0.340 e. The Hall–Kier alpha value is -2.40. The number of hydrogen-bond acceptors (Lipinski definition) is 4. The lowest BCUT2D eigenvalue weighted by molar-refractivity contribution is -0.120. The maximum atomic E-state index is 12.3. The van der Waals surface area contributed by atoms with Crippen molar-refractivity contribution in [2.75, 3.05) is 17.2 Å². The summed E-state index contributed by atoms with van der Waals surface area (Å²) in [7, 11) is 0. The van der Waals surface area contributed by atoms with E-state index in [2.05, 4.69) is 27.9 Å². The van der Waals surface area contributed by atoms with Gasteiger partial charge in [0.15, 0.2) is 0 Å². The Bertz CT molecular complexity index is 642. The van der Waals surface area contributed by atoms with E-state index in [4.69, 9.17) is 0 Å². The normalized spacial score (nSPS) is 20.7. The average molecular weight is 310 g/mol. The highest BCUT2D eigenvalue weighted by atomic mass is 16.1. The molecule has 3 rings (SSSR count). The number of para-hydroxylation sites is 1. The Morgan fingerprint density at radius 1 is 1.17 bits per heavy atom. The standard InChI is InChI=1S/C18H22N4O/c1-13-11-14(9-10-19-13)18(23)22-16-7-8-17(20-12-16)21-15-5-3-2-4-6-15/h2-8,12-14,19H,9-11H2,1H3,(H,20,21)(H,22,23)/t13-,14-/m0/s1. The fourth-order valence-electron chi connectivity index (χ4n) is 2.83. The van der Waals surface area contributed by atoms with Crippen LogP contribution in [0.25, 0.3) is 0 Å². The molecular formula is C18H22N4O. The highest BCUT2D eigenvalue weighted by Gasteiger charge is 2.24. The number of aromatic nitrogens is 1.